The number of nitrogens with one attached hydrogen (secondary N) is 1. The monoisotopic (exact) mass is 260 g/mol. The van der Waals surface area contributed by atoms with Gasteiger partial charge < -0.3 is 9.73 Å². The van der Waals surface area contributed by atoms with E-state index in [0.29, 0.717) is 5.56 Å². The molecule has 1 heterocycles. The number of furan rings is 1. The lowest BCUT2D eigenvalue weighted by molar-refractivity contribution is -0.385. The molecule has 0 saturated heterocycles. The molecule has 1 unspecified atom stereocenters. The molecule has 0 radical (unpaired) electrons. The van der Waals surface area contributed by atoms with Crippen molar-refractivity contribution in [1.82, 2.24) is 0 Å². The Balaban J connectivity index is 2.10. The molecule has 5 nitrogen and oxygen atoms in total. The largest absolute Gasteiger partial charge is 0.469 e. The van der Waals surface area contributed by atoms with Gasteiger partial charge in [0.2, 0.25) is 0 Å². The number of hydrogen-bond donors (Lipinski definition) is 1. The zero-order chi connectivity index (χ0) is 13.8. The highest BCUT2D eigenvalue weighted by atomic mass is 16.6. The van der Waals surface area contributed by atoms with Gasteiger partial charge in [0.25, 0.3) is 5.69 Å². The number of anilines is 1. The van der Waals surface area contributed by atoms with Gasteiger partial charge in [-0.3, -0.25) is 10.1 Å². The third-order valence-electron chi connectivity index (χ3n) is 2.99. The molecule has 0 amide bonds. The van der Waals surface area contributed by atoms with Gasteiger partial charge in [-0.1, -0.05) is 6.07 Å². The van der Waals surface area contributed by atoms with Crippen LogP contribution in [-0.4, -0.2) is 11.0 Å². The average Bonchev–Trinajstić information content (AvgIpc) is 2.84. The van der Waals surface area contributed by atoms with Crippen LogP contribution >= 0.6 is 0 Å². The molecule has 0 aliphatic rings. The highest BCUT2D eigenvalue weighted by Crippen LogP contribution is 2.25. The Labute approximate surface area is 111 Å². The van der Waals surface area contributed by atoms with E-state index in [1.165, 1.54) is 6.07 Å². The quantitative estimate of drug-likeness (QED) is 0.659. The normalized spacial score (nSPS) is 12.1. The van der Waals surface area contributed by atoms with Crippen molar-refractivity contribution < 1.29 is 9.34 Å². The third kappa shape index (κ3) is 3.13. The van der Waals surface area contributed by atoms with Crippen molar-refractivity contribution in [2.24, 2.45) is 0 Å². The number of nitro groups is 1. The van der Waals surface area contributed by atoms with Crippen molar-refractivity contribution in [3.8, 4) is 0 Å². The van der Waals surface area contributed by atoms with E-state index in [0.717, 1.165) is 17.9 Å². The number of benzene rings is 1. The molecule has 1 N–H and O–H groups in total. The zero-order valence-electron chi connectivity index (χ0n) is 10.9. The summed E-state index contributed by atoms with van der Waals surface area (Å²) in [5, 5.41) is 14.2. The summed E-state index contributed by atoms with van der Waals surface area (Å²) in [4.78, 5) is 10.5. The van der Waals surface area contributed by atoms with E-state index in [9.17, 15) is 10.1 Å². The maximum absolute atomic E-state index is 10.9. The molecular weight excluding hydrogens is 244 g/mol. The minimum Gasteiger partial charge on any atom is -0.469 e. The second kappa shape index (κ2) is 5.56. The van der Waals surface area contributed by atoms with Gasteiger partial charge in [-0.25, -0.2) is 0 Å². The summed E-state index contributed by atoms with van der Waals surface area (Å²) in [6.07, 6.45) is 2.37. The maximum atomic E-state index is 10.9. The highest BCUT2D eigenvalue weighted by molar-refractivity contribution is 5.60. The second-order valence-corrected chi connectivity index (χ2v) is 4.54. The smallest absolute Gasteiger partial charge is 0.274 e. The van der Waals surface area contributed by atoms with Crippen molar-refractivity contribution >= 4 is 11.4 Å². The molecule has 0 bridgehead atoms. The van der Waals surface area contributed by atoms with E-state index in [1.807, 2.05) is 25.1 Å². The van der Waals surface area contributed by atoms with Gasteiger partial charge in [-0.2, -0.15) is 0 Å². The first-order chi connectivity index (χ1) is 9.08. The minimum atomic E-state index is -0.363. The second-order valence-electron chi connectivity index (χ2n) is 4.54. The number of nitro benzene ring substituents is 1. The summed E-state index contributed by atoms with van der Waals surface area (Å²) in [7, 11) is 0. The van der Waals surface area contributed by atoms with Crippen LogP contribution in [0.2, 0.25) is 0 Å². The van der Waals surface area contributed by atoms with Crippen molar-refractivity contribution in [3.63, 3.8) is 0 Å². The first-order valence-corrected chi connectivity index (χ1v) is 6.11. The maximum Gasteiger partial charge on any atom is 0.274 e. The molecule has 1 aromatic heterocycles. The predicted molar refractivity (Wildman–Crippen MR) is 73.3 cm³/mol. The van der Waals surface area contributed by atoms with Gasteiger partial charge in [0.05, 0.1) is 11.2 Å². The van der Waals surface area contributed by atoms with Crippen LogP contribution in [0.3, 0.4) is 0 Å². The van der Waals surface area contributed by atoms with Gasteiger partial charge in [0.15, 0.2) is 0 Å². The summed E-state index contributed by atoms with van der Waals surface area (Å²) in [6, 6.07) is 8.94. The molecule has 19 heavy (non-hydrogen) atoms. The molecule has 0 aliphatic heterocycles. The lowest BCUT2D eigenvalue weighted by atomic mass is 10.1. The van der Waals surface area contributed by atoms with Gasteiger partial charge >= 0.3 is 0 Å². The van der Waals surface area contributed by atoms with Gasteiger partial charge in [-0.05, 0) is 32.0 Å². The van der Waals surface area contributed by atoms with Crippen molar-refractivity contribution in [3.05, 3.63) is 58.0 Å². The van der Waals surface area contributed by atoms with E-state index in [2.05, 4.69) is 5.32 Å². The average molecular weight is 260 g/mol. The number of rotatable bonds is 5. The van der Waals surface area contributed by atoms with Crippen molar-refractivity contribution in [1.29, 1.82) is 0 Å². The van der Waals surface area contributed by atoms with Crippen LogP contribution in [0, 0.1) is 17.0 Å². The van der Waals surface area contributed by atoms with Crippen LogP contribution in [0.4, 0.5) is 11.4 Å². The molecule has 1 atom stereocenters. The number of nitrogens with zero attached hydrogens (tertiary/aromatic N) is 1. The summed E-state index contributed by atoms with van der Waals surface area (Å²) >= 11 is 0. The molecule has 2 aromatic rings. The van der Waals surface area contributed by atoms with E-state index >= 15 is 0 Å². The fourth-order valence-electron chi connectivity index (χ4n) is 2.02. The fourth-order valence-corrected chi connectivity index (χ4v) is 2.02. The van der Waals surface area contributed by atoms with Crippen LogP contribution in [0.25, 0.3) is 0 Å². The van der Waals surface area contributed by atoms with Gasteiger partial charge in [0, 0.05) is 29.8 Å². The molecule has 1 aromatic carbocycles. The molecule has 0 fully saturated rings. The van der Waals surface area contributed by atoms with Crippen LogP contribution in [0.15, 0.2) is 41.0 Å². The van der Waals surface area contributed by atoms with Crippen molar-refractivity contribution in [2.75, 3.05) is 5.32 Å². The standard InChI is InChI=1S/C14H16N2O3/c1-10(9-12-5-4-8-19-12)15-13-6-3-7-14(11(13)2)16(17)18/h3-8,10,15H,9H2,1-2H3. The van der Waals surface area contributed by atoms with E-state index in [1.54, 1.807) is 19.3 Å². The minimum absolute atomic E-state index is 0.131. The molecule has 0 spiro atoms. The first kappa shape index (κ1) is 13.1. The lowest BCUT2D eigenvalue weighted by Crippen LogP contribution is -2.18. The highest BCUT2D eigenvalue weighted by Gasteiger charge is 2.14. The Morgan fingerprint density at radius 1 is 1.37 bits per heavy atom. The molecule has 0 saturated carbocycles. The van der Waals surface area contributed by atoms with E-state index in [4.69, 9.17) is 4.42 Å². The molecule has 0 aliphatic carbocycles. The molecular formula is C14H16N2O3. The zero-order valence-corrected chi connectivity index (χ0v) is 10.9. The molecule has 5 heteroatoms. The summed E-state index contributed by atoms with van der Waals surface area (Å²) in [5.74, 6) is 0.892. The first-order valence-electron chi connectivity index (χ1n) is 6.11. The summed E-state index contributed by atoms with van der Waals surface area (Å²) in [5.41, 5.74) is 1.57. The van der Waals surface area contributed by atoms with Gasteiger partial charge in [-0.15, -0.1) is 0 Å². The SMILES string of the molecule is Cc1c(NC(C)Cc2ccco2)cccc1[N+](=O)[O-]. The van der Waals surface area contributed by atoms with Crippen LogP contribution < -0.4 is 5.32 Å². The topological polar surface area (TPSA) is 68.3 Å². The Bertz CT molecular complexity index is 564. The van der Waals surface area contributed by atoms with Crippen LogP contribution in [-0.2, 0) is 6.42 Å². The number of hydrogen-bond acceptors (Lipinski definition) is 4. The van der Waals surface area contributed by atoms with Gasteiger partial charge in [0.1, 0.15) is 5.76 Å². The van der Waals surface area contributed by atoms with E-state index < -0.39 is 0 Å². The lowest BCUT2D eigenvalue weighted by Gasteiger charge is -2.15. The fraction of sp³-hybridized carbons (Fsp3) is 0.286. The van der Waals surface area contributed by atoms with Crippen LogP contribution in [0.5, 0.6) is 0 Å². The Morgan fingerprint density at radius 3 is 2.79 bits per heavy atom. The Hall–Kier alpha value is -2.30. The third-order valence-corrected chi connectivity index (χ3v) is 2.99. The van der Waals surface area contributed by atoms with E-state index in [-0.39, 0.29) is 16.7 Å². The molecule has 100 valence electrons. The summed E-state index contributed by atoms with van der Waals surface area (Å²) in [6.45, 7) is 3.76. The van der Waals surface area contributed by atoms with Crippen molar-refractivity contribution in [2.45, 2.75) is 26.3 Å². The predicted octanol–water partition coefficient (Wildman–Crippen LogP) is 3.54. The molecule has 2 rings (SSSR count). The van der Waals surface area contributed by atoms with Crippen LogP contribution in [0.1, 0.15) is 18.2 Å². The Morgan fingerprint density at radius 2 is 2.16 bits per heavy atom. The summed E-state index contributed by atoms with van der Waals surface area (Å²) < 4.78 is 5.29. The Kier molecular flexibility index (Phi) is 3.85.